The van der Waals surface area contributed by atoms with Gasteiger partial charge in [-0.05, 0) is 10.8 Å². The molecule has 0 amide bonds. The first-order valence-corrected chi connectivity index (χ1v) is 3.65. The van der Waals surface area contributed by atoms with Crippen molar-refractivity contribution in [3.63, 3.8) is 0 Å². The molecule has 0 aliphatic heterocycles. The van der Waals surface area contributed by atoms with Crippen molar-refractivity contribution in [2.45, 2.75) is 27.7 Å². The van der Waals surface area contributed by atoms with Crippen LogP contribution >= 0.6 is 0 Å². The highest BCUT2D eigenvalue weighted by Crippen LogP contribution is 2.68. The summed E-state index contributed by atoms with van der Waals surface area (Å²) in [6.45, 7) is 8.66. The molecule has 10 heavy (non-hydrogen) atoms. The van der Waals surface area contributed by atoms with Crippen LogP contribution in [0.25, 0.3) is 0 Å². The van der Waals surface area contributed by atoms with Crippen LogP contribution in [-0.2, 0) is 0 Å². The van der Waals surface area contributed by atoms with Gasteiger partial charge in [0.1, 0.15) is 0 Å². The molecule has 0 bridgehead atoms. The third-order valence-electron chi connectivity index (χ3n) is 3.33. The van der Waals surface area contributed by atoms with E-state index >= 15 is 0 Å². The molecular weight excluding hydrogens is 124 g/mol. The Morgan fingerprint density at radius 3 is 1.50 bits per heavy atom. The molecule has 0 saturated heterocycles. The number of hydrogen-bond donors (Lipinski definition) is 2. The molecule has 1 fully saturated rings. The second-order valence-corrected chi connectivity index (χ2v) is 4.33. The van der Waals surface area contributed by atoms with Crippen LogP contribution in [0.5, 0.6) is 0 Å². The van der Waals surface area contributed by atoms with E-state index in [1.165, 1.54) is 0 Å². The van der Waals surface area contributed by atoms with Gasteiger partial charge in [0.25, 0.3) is 0 Å². The molecule has 1 aliphatic rings. The Kier molecular flexibility index (Phi) is 1.17. The van der Waals surface area contributed by atoms with Crippen molar-refractivity contribution in [2.75, 3.05) is 0 Å². The van der Waals surface area contributed by atoms with Crippen LogP contribution in [0, 0.1) is 22.2 Å². The minimum Gasteiger partial charge on any atom is -0.387 e. The van der Waals surface area contributed by atoms with Crippen LogP contribution in [0.4, 0.5) is 0 Å². The maximum atomic E-state index is 7.30. The van der Waals surface area contributed by atoms with Gasteiger partial charge in [-0.15, -0.1) is 0 Å². The third kappa shape index (κ3) is 0.619. The average Bonchev–Trinajstić information content (AvgIpc) is 1.97. The predicted molar refractivity (Wildman–Crippen MR) is 43.0 cm³/mol. The van der Waals surface area contributed by atoms with Crippen LogP contribution in [0.2, 0.25) is 0 Å². The van der Waals surface area contributed by atoms with Gasteiger partial charge in [-0.1, -0.05) is 27.7 Å². The van der Waals surface area contributed by atoms with Gasteiger partial charge in [-0.3, -0.25) is 5.41 Å². The highest BCUT2D eigenvalue weighted by molar-refractivity contribution is 5.84. The average molecular weight is 140 g/mol. The van der Waals surface area contributed by atoms with Crippen LogP contribution in [0.1, 0.15) is 27.7 Å². The largest absolute Gasteiger partial charge is 0.387 e. The summed E-state index contributed by atoms with van der Waals surface area (Å²) in [6, 6.07) is 0. The molecule has 3 N–H and O–H groups in total. The normalized spacial score (nSPS) is 28.0. The Labute approximate surface area is 62.3 Å². The molecule has 0 heterocycles. The lowest BCUT2D eigenvalue weighted by Crippen LogP contribution is -2.16. The minimum absolute atomic E-state index is 0.235. The molecule has 58 valence electrons. The van der Waals surface area contributed by atoms with Crippen molar-refractivity contribution < 1.29 is 0 Å². The van der Waals surface area contributed by atoms with Crippen molar-refractivity contribution in [2.24, 2.45) is 22.5 Å². The molecule has 1 aliphatic carbocycles. The number of nitrogens with one attached hydrogen (secondary N) is 1. The van der Waals surface area contributed by atoms with Gasteiger partial charge in [0.2, 0.25) is 0 Å². The summed E-state index contributed by atoms with van der Waals surface area (Å²) in [5.41, 5.74) is 5.90. The zero-order chi connectivity index (χ0) is 8.15. The van der Waals surface area contributed by atoms with Crippen molar-refractivity contribution in [3.8, 4) is 0 Å². The minimum atomic E-state index is 0.235. The van der Waals surface area contributed by atoms with E-state index in [-0.39, 0.29) is 10.8 Å². The molecule has 0 atom stereocenters. The summed E-state index contributed by atoms with van der Waals surface area (Å²) in [5.74, 6) is 0.634. The molecule has 0 spiro atoms. The molecule has 1 rings (SSSR count). The lowest BCUT2D eigenvalue weighted by molar-refractivity contribution is 0.457. The topological polar surface area (TPSA) is 49.9 Å². The van der Waals surface area contributed by atoms with Gasteiger partial charge < -0.3 is 5.73 Å². The van der Waals surface area contributed by atoms with Gasteiger partial charge in [0.05, 0.1) is 5.84 Å². The van der Waals surface area contributed by atoms with Gasteiger partial charge in [-0.2, -0.15) is 0 Å². The monoisotopic (exact) mass is 140 g/mol. The van der Waals surface area contributed by atoms with Crippen LogP contribution < -0.4 is 5.73 Å². The van der Waals surface area contributed by atoms with Crippen molar-refractivity contribution in [1.29, 1.82) is 5.41 Å². The van der Waals surface area contributed by atoms with E-state index in [2.05, 4.69) is 27.7 Å². The summed E-state index contributed by atoms with van der Waals surface area (Å²) in [4.78, 5) is 0. The fraction of sp³-hybridized carbons (Fsp3) is 0.875. The molecular formula is C8H16N2. The number of rotatable bonds is 1. The van der Waals surface area contributed by atoms with Crippen LogP contribution in [-0.4, -0.2) is 5.84 Å². The molecule has 2 heteroatoms. The molecule has 0 aromatic heterocycles. The van der Waals surface area contributed by atoms with Crippen molar-refractivity contribution in [1.82, 2.24) is 0 Å². The van der Waals surface area contributed by atoms with E-state index in [1.54, 1.807) is 0 Å². The zero-order valence-corrected chi connectivity index (χ0v) is 7.15. The molecule has 0 aromatic carbocycles. The van der Waals surface area contributed by atoms with Gasteiger partial charge in [-0.25, -0.2) is 0 Å². The van der Waals surface area contributed by atoms with Gasteiger partial charge in [0.15, 0.2) is 0 Å². The fourth-order valence-corrected chi connectivity index (χ4v) is 1.97. The first-order chi connectivity index (χ1) is 4.32. The second-order valence-electron chi connectivity index (χ2n) is 4.33. The Morgan fingerprint density at radius 1 is 1.20 bits per heavy atom. The smallest absolute Gasteiger partial charge is 0.0948 e. The SMILES string of the molecule is CC1(C)C(C(=N)N)C1(C)C. The number of hydrogen-bond acceptors (Lipinski definition) is 1. The summed E-state index contributed by atoms with van der Waals surface area (Å²) in [7, 11) is 0. The van der Waals surface area contributed by atoms with E-state index in [0.29, 0.717) is 11.8 Å². The highest BCUT2D eigenvalue weighted by Gasteiger charge is 2.66. The zero-order valence-electron chi connectivity index (χ0n) is 7.15. The lowest BCUT2D eigenvalue weighted by atomic mass is 10.0. The van der Waals surface area contributed by atoms with Gasteiger partial charge >= 0.3 is 0 Å². The van der Waals surface area contributed by atoms with E-state index in [4.69, 9.17) is 11.1 Å². The summed E-state index contributed by atoms with van der Waals surface area (Å²) >= 11 is 0. The number of nitrogens with two attached hydrogens (primary N) is 1. The summed E-state index contributed by atoms with van der Waals surface area (Å²) < 4.78 is 0. The fourth-order valence-electron chi connectivity index (χ4n) is 1.97. The first kappa shape index (κ1) is 7.58. The third-order valence-corrected chi connectivity index (χ3v) is 3.33. The lowest BCUT2D eigenvalue weighted by Gasteiger charge is -2.03. The van der Waals surface area contributed by atoms with E-state index in [0.717, 1.165) is 0 Å². The maximum Gasteiger partial charge on any atom is 0.0948 e. The maximum absolute atomic E-state index is 7.30. The molecule has 0 radical (unpaired) electrons. The highest BCUT2D eigenvalue weighted by atomic mass is 14.8. The Morgan fingerprint density at radius 2 is 1.50 bits per heavy atom. The quantitative estimate of drug-likeness (QED) is 0.422. The summed E-state index contributed by atoms with van der Waals surface area (Å²) in [6.07, 6.45) is 0. The van der Waals surface area contributed by atoms with Crippen LogP contribution in [0.3, 0.4) is 0 Å². The molecule has 0 unspecified atom stereocenters. The first-order valence-electron chi connectivity index (χ1n) is 3.65. The van der Waals surface area contributed by atoms with E-state index in [9.17, 15) is 0 Å². The van der Waals surface area contributed by atoms with Crippen LogP contribution in [0.15, 0.2) is 0 Å². The molecule has 0 aromatic rings. The number of amidine groups is 1. The second kappa shape index (κ2) is 1.55. The molecule has 1 saturated carbocycles. The van der Waals surface area contributed by atoms with Gasteiger partial charge in [0, 0.05) is 5.92 Å². The standard InChI is InChI=1S/C8H16N2/c1-7(2)5(6(9)10)8(7,3)4/h5H,1-4H3,(H3,9,10). The Balaban J connectivity index is 2.81. The van der Waals surface area contributed by atoms with Crippen molar-refractivity contribution in [3.05, 3.63) is 0 Å². The summed E-state index contributed by atoms with van der Waals surface area (Å²) in [5, 5.41) is 7.30. The van der Waals surface area contributed by atoms with E-state index < -0.39 is 0 Å². The van der Waals surface area contributed by atoms with E-state index in [1.807, 2.05) is 0 Å². The Hall–Kier alpha value is -0.530. The Bertz CT molecular complexity index is 166. The predicted octanol–water partition coefficient (Wildman–Crippen LogP) is 1.60. The van der Waals surface area contributed by atoms with Crippen molar-refractivity contribution >= 4 is 5.84 Å². The molecule has 2 nitrogen and oxygen atoms in total.